The highest BCUT2D eigenvalue weighted by atomic mass is 16.5. The number of rotatable bonds is 4. The van der Waals surface area contributed by atoms with Crippen molar-refractivity contribution >= 4 is 11.4 Å². The van der Waals surface area contributed by atoms with E-state index in [2.05, 4.69) is 21.6 Å². The molecule has 0 unspecified atom stereocenters. The maximum Gasteiger partial charge on any atom is 0.227 e. The number of carbonyl (C=O) groups excluding carboxylic acids is 1. The Hall–Kier alpha value is -3.38. The zero-order chi connectivity index (χ0) is 21.4. The lowest BCUT2D eigenvalue weighted by Crippen LogP contribution is -2.42. The first kappa shape index (κ1) is 19.6. The number of fused-ring (bicyclic) bond motifs is 1. The number of likely N-dealkylation sites (tertiary alicyclic amines) is 1. The van der Waals surface area contributed by atoms with Crippen LogP contribution in [0.3, 0.4) is 0 Å². The Kier molecular flexibility index (Phi) is 5.08. The van der Waals surface area contributed by atoms with Crippen molar-refractivity contribution in [3.05, 3.63) is 36.4 Å². The van der Waals surface area contributed by atoms with Gasteiger partial charge in [0.1, 0.15) is 22.9 Å². The first-order chi connectivity index (χ1) is 15.2. The van der Waals surface area contributed by atoms with Gasteiger partial charge in [0, 0.05) is 43.2 Å². The van der Waals surface area contributed by atoms with Crippen LogP contribution in [0.5, 0.6) is 5.75 Å². The first-order valence-electron chi connectivity index (χ1n) is 10.7. The molecule has 5 rings (SSSR count). The molecule has 1 N–H and O–H groups in total. The van der Waals surface area contributed by atoms with Crippen LogP contribution in [0.1, 0.15) is 30.9 Å². The number of pyridine rings is 1. The Morgan fingerprint density at radius 1 is 1.26 bits per heavy atom. The van der Waals surface area contributed by atoms with Crippen molar-refractivity contribution in [1.29, 1.82) is 5.26 Å². The van der Waals surface area contributed by atoms with Gasteiger partial charge in [-0.1, -0.05) is 0 Å². The van der Waals surface area contributed by atoms with Crippen molar-refractivity contribution in [2.75, 3.05) is 33.3 Å². The fourth-order valence-electron chi connectivity index (χ4n) is 4.65. The molecule has 0 radical (unpaired) electrons. The SMILES string of the molecule is COc1cc(-c2cnn([C@@H]3CCN(C(=O)[C@H]4CCCNC4)C3)c2)cn2ncc(C#N)c12. The molecule has 0 aliphatic carbocycles. The van der Waals surface area contributed by atoms with Crippen molar-refractivity contribution < 1.29 is 9.53 Å². The maximum absolute atomic E-state index is 12.8. The third-order valence-corrected chi connectivity index (χ3v) is 6.35. The quantitative estimate of drug-likeness (QED) is 0.693. The number of nitriles is 1. The van der Waals surface area contributed by atoms with Crippen molar-refractivity contribution in [1.82, 2.24) is 29.6 Å². The highest BCUT2D eigenvalue weighted by Gasteiger charge is 2.32. The Morgan fingerprint density at radius 3 is 2.94 bits per heavy atom. The normalized spacial score (nSPS) is 21.4. The van der Waals surface area contributed by atoms with E-state index in [-0.39, 0.29) is 17.9 Å². The van der Waals surface area contributed by atoms with Gasteiger partial charge in [-0.15, -0.1) is 0 Å². The van der Waals surface area contributed by atoms with Gasteiger partial charge in [0.05, 0.1) is 31.5 Å². The smallest absolute Gasteiger partial charge is 0.227 e. The van der Waals surface area contributed by atoms with Gasteiger partial charge >= 0.3 is 0 Å². The van der Waals surface area contributed by atoms with Crippen molar-refractivity contribution in [2.45, 2.75) is 25.3 Å². The summed E-state index contributed by atoms with van der Waals surface area (Å²) in [6.45, 7) is 3.27. The predicted octanol–water partition coefficient (Wildman–Crippen LogP) is 1.85. The van der Waals surface area contributed by atoms with Crippen LogP contribution in [0.25, 0.3) is 16.6 Å². The van der Waals surface area contributed by atoms with E-state index in [4.69, 9.17) is 4.74 Å². The number of methoxy groups -OCH3 is 1. The van der Waals surface area contributed by atoms with Gasteiger partial charge in [0.25, 0.3) is 0 Å². The van der Waals surface area contributed by atoms with E-state index in [0.717, 1.165) is 50.0 Å². The number of nitrogens with one attached hydrogen (secondary N) is 1. The summed E-state index contributed by atoms with van der Waals surface area (Å²) in [7, 11) is 1.59. The number of piperidine rings is 1. The van der Waals surface area contributed by atoms with Gasteiger partial charge < -0.3 is 15.0 Å². The number of nitrogens with zero attached hydrogens (tertiary/aromatic N) is 6. The molecule has 2 saturated heterocycles. The fourth-order valence-corrected chi connectivity index (χ4v) is 4.65. The van der Waals surface area contributed by atoms with Gasteiger partial charge in [-0.25, -0.2) is 4.52 Å². The minimum absolute atomic E-state index is 0.104. The van der Waals surface area contributed by atoms with E-state index in [0.29, 0.717) is 23.4 Å². The summed E-state index contributed by atoms with van der Waals surface area (Å²) in [5, 5.41) is 21.5. The molecular weight excluding hydrogens is 394 g/mol. The largest absolute Gasteiger partial charge is 0.494 e. The number of ether oxygens (including phenoxy) is 1. The van der Waals surface area contributed by atoms with Crippen LogP contribution in [0.4, 0.5) is 0 Å². The maximum atomic E-state index is 12.8. The van der Waals surface area contributed by atoms with Crippen LogP contribution in [0.15, 0.2) is 30.9 Å². The second-order valence-electron chi connectivity index (χ2n) is 8.24. The Bertz CT molecular complexity index is 1150. The molecule has 0 aromatic carbocycles. The molecule has 9 heteroatoms. The lowest BCUT2D eigenvalue weighted by Gasteiger charge is -2.26. The van der Waals surface area contributed by atoms with Gasteiger partial charge in [-0.3, -0.25) is 9.48 Å². The van der Waals surface area contributed by atoms with Crippen LogP contribution in [0, 0.1) is 17.2 Å². The molecule has 1 amide bonds. The summed E-state index contributed by atoms with van der Waals surface area (Å²) in [4.78, 5) is 14.8. The summed E-state index contributed by atoms with van der Waals surface area (Å²) in [5.41, 5.74) is 2.98. The summed E-state index contributed by atoms with van der Waals surface area (Å²) in [5.74, 6) is 0.967. The first-order valence-corrected chi connectivity index (χ1v) is 10.7. The number of aromatic nitrogens is 4. The lowest BCUT2D eigenvalue weighted by molar-refractivity contribution is -0.135. The molecule has 5 heterocycles. The van der Waals surface area contributed by atoms with E-state index in [1.165, 1.54) is 6.20 Å². The van der Waals surface area contributed by atoms with Gasteiger partial charge in [0.2, 0.25) is 5.91 Å². The summed E-state index contributed by atoms with van der Waals surface area (Å²) in [6.07, 6.45) is 10.2. The van der Waals surface area contributed by atoms with E-state index in [1.54, 1.807) is 11.6 Å². The van der Waals surface area contributed by atoms with E-state index in [1.807, 2.05) is 34.2 Å². The van der Waals surface area contributed by atoms with Crippen LogP contribution in [-0.2, 0) is 4.79 Å². The highest BCUT2D eigenvalue weighted by Crippen LogP contribution is 2.31. The fraction of sp³-hybridized carbons (Fsp3) is 0.455. The number of hydrogen-bond donors (Lipinski definition) is 1. The average Bonchev–Trinajstić information content (AvgIpc) is 3.57. The molecule has 0 spiro atoms. The summed E-state index contributed by atoms with van der Waals surface area (Å²) >= 11 is 0. The summed E-state index contributed by atoms with van der Waals surface area (Å²) in [6, 6.07) is 4.22. The molecule has 2 aliphatic rings. The molecule has 3 aromatic heterocycles. The van der Waals surface area contributed by atoms with Crippen LogP contribution < -0.4 is 10.1 Å². The van der Waals surface area contributed by atoms with Crippen molar-refractivity contribution in [3.63, 3.8) is 0 Å². The minimum Gasteiger partial charge on any atom is -0.494 e. The standard InChI is InChI=1S/C22H25N7O2/c1-31-20-7-16(12-29-21(20)17(8-23)10-26-29)18-11-25-28(13-18)19-4-6-27(14-19)22(30)15-3-2-5-24-9-15/h7,10-13,15,19,24H,2-6,9,14H2,1H3/t15-,19+/m0/s1. The van der Waals surface area contributed by atoms with E-state index >= 15 is 0 Å². The second-order valence-corrected chi connectivity index (χ2v) is 8.24. The topological polar surface area (TPSA) is 100 Å². The van der Waals surface area contributed by atoms with E-state index in [9.17, 15) is 10.1 Å². The monoisotopic (exact) mass is 419 g/mol. The third kappa shape index (κ3) is 3.53. The molecule has 3 aromatic rings. The van der Waals surface area contributed by atoms with Gasteiger partial charge in [-0.05, 0) is 31.9 Å². The molecule has 2 atom stereocenters. The third-order valence-electron chi connectivity index (χ3n) is 6.35. The lowest BCUT2D eigenvalue weighted by atomic mass is 9.98. The molecule has 0 saturated carbocycles. The van der Waals surface area contributed by atoms with Crippen LogP contribution in [-0.4, -0.2) is 63.5 Å². The molecular formula is C22H25N7O2. The molecule has 31 heavy (non-hydrogen) atoms. The Balaban J connectivity index is 1.35. The average molecular weight is 419 g/mol. The molecule has 2 fully saturated rings. The molecule has 160 valence electrons. The van der Waals surface area contributed by atoms with Crippen LogP contribution >= 0.6 is 0 Å². The number of carbonyl (C=O) groups is 1. The zero-order valence-corrected chi connectivity index (χ0v) is 17.5. The minimum atomic E-state index is 0.104. The summed E-state index contributed by atoms with van der Waals surface area (Å²) < 4.78 is 9.13. The van der Waals surface area contributed by atoms with Crippen molar-refractivity contribution in [3.8, 4) is 22.9 Å². The van der Waals surface area contributed by atoms with Crippen LogP contribution in [0.2, 0.25) is 0 Å². The number of hydrogen-bond acceptors (Lipinski definition) is 6. The predicted molar refractivity (Wildman–Crippen MR) is 114 cm³/mol. The highest BCUT2D eigenvalue weighted by molar-refractivity contribution is 5.79. The molecule has 2 aliphatic heterocycles. The number of amides is 1. The van der Waals surface area contributed by atoms with Gasteiger partial charge in [0.15, 0.2) is 0 Å². The Labute approximate surface area is 180 Å². The van der Waals surface area contributed by atoms with Gasteiger partial charge in [-0.2, -0.15) is 15.5 Å². The zero-order valence-electron chi connectivity index (χ0n) is 17.5. The molecule has 9 nitrogen and oxygen atoms in total. The van der Waals surface area contributed by atoms with E-state index < -0.39 is 0 Å². The Morgan fingerprint density at radius 2 is 2.16 bits per heavy atom. The van der Waals surface area contributed by atoms with Crippen molar-refractivity contribution in [2.24, 2.45) is 5.92 Å². The molecule has 0 bridgehead atoms. The second kappa shape index (κ2) is 8.04.